The van der Waals surface area contributed by atoms with Crippen LogP contribution >= 0.6 is 0 Å². The van der Waals surface area contributed by atoms with Crippen LogP contribution in [0.2, 0.25) is 0 Å². The third-order valence-electron chi connectivity index (χ3n) is 10.2. The lowest BCUT2D eigenvalue weighted by Crippen LogP contribution is -2.52. The zero-order valence-electron chi connectivity index (χ0n) is 29.5. The Kier molecular flexibility index (Phi) is 10.8. The van der Waals surface area contributed by atoms with Gasteiger partial charge in [0.15, 0.2) is 0 Å². The Balaban J connectivity index is 1.18. The van der Waals surface area contributed by atoms with Gasteiger partial charge in [-0.05, 0) is 67.1 Å². The molecule has 0 unspecified atom stereocenters. The highest BCUT2D eigenvalue weighted by atomic mass is 19.4. The van der Waals surface area contributed by atoms with E-state index in [9.17, 15) is 31.9 Å². The molecule has 16 heteroatoms. The fraction of sp³-hybridized carbons (Fsp3) is 0.385. The van der Waals surface area contributed by atoms with Gasteiger partial charge in [0, 0.05) is 49.7 Å². The van der Waals surface area contributed by atoms with E-state index < -0.39 is 29.8 Å². The normalized spacial score (nSPS) is 21.4. The average Bonchev–Trinajstić information content (AvgIpc) is 3.84. The number of hydrogen-bond donors (Lipinski definition) is 1. The van der Waals surface area contributed by atoms with Gasteiger partial charge < -0.3 is 24.6 Å². The lowest BCUT2D eigenvalue weighted by atomic mass is 9.81. The lowest BCUT2D eigenvalue weighted by molar-refractivity contribution is -0.139. The number of ether oxygens (including phenoxy) is 2. The number of amides is 3. The van der Waals surface area contributed by atoms with Crippen LogP contribution in [-0.2, 0) is 27.1 Å². The van der Waals surface area contributed by atoms with Crippen LogP contribution < -0.4 is 10.1 Å². The second-order valence-electron chi connectivity index (χ2n) is 13.8. The van der Waals surface area contributed by atoms with Crippen LogP contribution in [0.5, 0.6) is 5.88 Å². The van der Waals surface area contributed by atoms with Gasteiger partial charge in [0.05, 0.1) is 49.0 Å². The van der Waals surface area contributed by atoms with Crippen molar-refractivity contribution in [3.8, 4) is 35.2 Å². The first-order valence-electron chi connectivity index (χ1n) is 17.9. The summed E-state index contributed by atoms with van der Waals surface area (Å²) in [7, 11) is 0. The number of nitrogens with one attached hydrogen (secondary N) is 1. The second kappa shape index (κ2) is 15.9. The first kappa shape index (κ1) is 37.5. The molecule has 2 aromatic carbocycles. The molecular weight excluding hydrogens is 722 g/mol. The highest BCUT2D eigenvalue weighted by molar-refractivity contribution is 5.99. The summed E-state index contributed by atoms with van der Waals surface area (Å²) < 4.78 is 69.2. The van der Waals surface area contributed by atoms with Crippen molar-refractivity contribution in [1.29, 1.82) is 0 Å². The Bertz CT molecular complexity index is 2100. The highest BCUT2D eigenvalue weighted by Gasteiger charge is 2.44. The van der Waals surface area contributed by atoms with Gasteiger partial charge in [0.2, 0.25) is 17.7 Å². The summed E-state index contributed by atoms with van der Waals surface area (Å²) in [5.41, 5.74) is 0.483. The molecule has 7 rings (SSSR count). The van der Waals surface area contributed by atoms with E-state index >= 15 is 0 Å². The van der Waals surface area contributed by atoms with E-state index in [0.29, 0.717) is 30.8 Å². The molecule has 3 aliphatic rings. The van der Waals surface area contributed by atoms with Gasteiger partial charge in [0.1, 0.15) is 17.6 Å². The zero-order valence-corrected chi connectivity index (χ0v) is 29.5. The SMILES string of the molecule is C#CCNC(=O)C[C@@H]1CCN2C[C@@H]1CCOc1cc(C(F)(F)F)cc(n1)-c1cccc(c1)C(=O)N1C[C@H](OCc3cn(-c4ccc(F)cc4)nn3)C[C@H]1C2=O. The molecule has 2 saturated heterocycles. The molecule has 6 bridgehead atoms. The lowest BCUT2D eigenvalue weighted by Gasteiger charge is -2.40. The molecule has 0 spiro atoms. The Morgan fingerprint density at radius 1 is 1.05 bits per heavy atom. The third-order valence-corrected chi connectivity index (χ3v) is 10.2. The number of rotatable bonds is 7. The zero-order chi connectivity index (χ0) is 38.7. The molecule has 4 aromatic rings. The first-order chi connectivity index (χ1) is 26.4. The van der Waals surface area contributed by atoms with Gasteiger partial charge in [-0.1, -0.05) is 23.3 Å². The van der Waals surface area contributed by atoms with E-state index in [1.807, 2.05) is 0 Å². The van der Waals surface area contributed by atoms with E-state index in [0.717, 1.165) is 12.1 Å². The molecule has 0 aliphatic carbocycles. The second-order valence-corrected chi connectivity index (χ2v) is 13.8. The minimum absolute atomic E-state index is 0.0152. The summed E-state index contributed by atoms with van der Waals surface area (Å²) >= 11 is 0. The van der Waals surface area contributed by atoms with Crippen LogP contribution in [0, 0.1) is 30.0 Å². The standard InChI is InChI=1S/C39H37F4N7O5/c1-2-12-44-35(51)16-24-10-13-48-20-27(24)11-14-54-36-18-28(39(41,42)43)17-33(45-36)25-4-3-5-26(15-25)37(52)49-22-32(19-34(49)38(48)53)55-23-30-21-50(47-46-30)31-8-6-29(40)7-9-31/h1,3-9,15,17-18,21,24,27,32,34H,10-14,16,19-20,22-23H2,(H,44,51)/t24-,27-,32+,34-/m0/s1. The van der Waals surface area contributed by atoms with Crippen molar-refractivity contribution in [1.82, 2.24) is 35.1 Å². The molecule has 3 amide bonds. The van der Waals surface area contributed by atoms with Gasteiger partial charge in [-0.25, -0.2) is 14.1 Å². The van der Waals surface area contributed by atoms with Gasteiger partial charge in [-0.3, -0.25) is 14.4 Å². The van der Waals surface area contributed by atoms with E-state index in [1.165, 1.54) is 33.8 Å². The van der Waals surface area contributed by atoms with Crippen LogP contribution in [0.25, 0.3) is 16.9 Å². The summed E-state index contributed by atoms with van der Waals surface area (Å²) in [6.45, 7) is 0.690. The molecule has 2 aromatic heterocycles. The minimum atomic E-state index is -4.70. The van der Waals surface area contributed by atoms with Crippen molar-refractivity contribution >= 4 is 17.7 Å². The molecular formula is C39H37F4N7O5. The number of halogens is 4. The quantitative estimate of drug-likeness (QED) is 0.213. The van der Waals surface area contributed by atoms with Crippen LogP contribution in [0.15, 0.2) is 66.9 Å². The molecule has 12 nitrogen and oxygen atoms in total. The molecule has 4 atom stereocenters. The number of alkyl halides is 3. The third kappa shape index (κ3) is 8.62. The predicted molar refractivity (Wildman–Crippen MR) is 189 cm³/mol. The number of carbonyl (C=O) groups excluding carboxylic acids is 3. The maximum atomic E-state index is 14.4. The minimum Gasteiger partial charge on any atom is -0.478 e. The topological polar surface area (TPSA) is 132 Å². The van der Waals surface area contributed by atoms with Gasteiger partial charge in [-0.15, -0.1) is 11.5 Å². The monoisotopic (exact) mass is 759 g/mol. The first-order valence-corrected chi connectivity index (χ1v) is 17.9. The van der Waals surface area contributed by atoms with Crippen LogP contribution in [0.3, 0.4) is 0 Å². The Labute approximate surface area is 313 Å². The maximum absolute atomic E-state index is 14.4. The van der Waals surface area contributed by atoms with Crippen molar-refractivity contribution in [2.75, 3.05) is 32.8 Å². The summed E-state index contributed by atoms with van der Waals surface area (Å²) in [5, 5.41) is 10.9. The summed E-state index contributed by atoms with van der Waals surface area (Å²) in [6, 6.07) is 12.7. The Morgan fingerprint density at radius 3 is 2.64 bits per heavy atom. The van der Waals surface area contributed by atoms with E-state index in [2.05, 4.69) is 26.5 Å². The fourth-order valence-electron chi connectivity index (χ4n) is 7.39. The largest absolute Gasteiger partial charge is 0.478 e. The fourth-order valence-corrected chi connectivity index (χ4v) is 7.39. The van der Waals surface area contributed by atoms with Crippen molar-refractivity contribution in [2.45, 2.75) is 50.6 Å². The summed E-state index contributed by atoms with van der Waals surface area (Å²) in [4.78, 5) is 48.9. The van der Waals surface area contributed by atoms with Crippen LogP contribution in [-0.4, -0.2) is 92.4 Å². The summed E-state index contributed by atoms with van der Waals surface area (Å²) in [6.07, 6.45) is 2.79. The van der Waals surface area contributed by atoms with E-state index in [-0.39, 0.29) is 97.9 Å². The maximum Gasteiger partial charge on any atom is 0.416 e. The number of pyridine rings is 1. The molecule has 5 heterocycles. The molecule has 3 aliphatic heterocycles. The average molecular weight is 760 g/mol. The van der Waals surface area contributed by atoms with Crippen molar-refractivity contribution in [3.63, 3.8) is 0 Å². The van der Waals surface area contributed by atoms with Gasteiger partial charge in [-0.2, -0.15) is 13.2 Å². The number of terminal acetylenes is 1. The van der Waals surface area contributed by atoms with Crippen molar-refractivity contribution in [3.05, 3.63) is 89.5 Å². The number of aromatic nitrogens is 4. The van der Waals surface area contributed by atoms with Gasteiger partial charge in [0.25, 0.3) is 5.91 Å². The van der Waals surface area contributed by atoms with Crippen molar-refractivity contribution in [2.24, 2.45) is 11.8 Å². The molecule has 1 N–H and O–H groups in total. The number of fused-ring (bicyclic) bond motifs is 8. The molecule has 55 heavy (non-hydrogen) atoms. The van der Waals surface area contributed by atoms with Crippen LogP contribution in [0.1, 0.15) is 47.3 Å². The number of carbonyl (C=O) groups is 3. The summed E-state index contributed by atoms with van der Waals surface area (Å²) in [5.74, 6) is 0.302. The van der Waals surface area contributed by atoms with Gasteiger partial charge >= 0.3 is 6.18 Å². The number of benzene rings is 2. The molecule has 0 saturated carbocycles. The smallest absolute Gasteiger partial charge is 0.416 e. The van der Waals surface area contributed by atoms with E-state index in [4.69, 9.17) is 15.9 Å². The number of piperidine rings is 1. The Hall–Kier alpha value is -5.82. The number of nitrogens with zero attached hydrogens (tertiary/aromatic N) is 6. The molecule has 0 radical (unpaired) electrons. The number of hydrogen-bond acceptors (Lipinski definition) is 8. The van der Waals surface area contributed by atoms with Crippen molar-refractivity contribution < 1.29 is 41.4 Å². The molecule has 286 valence electrons. The van der Waals surface area contributed by atoms with E-state index in [1.54, 1.807) is 35.4 Å². The Morgan fingerprint density at radius 2 is 1.85 bits per heavy atom. The molecule has 2 fully saturated rings. The predicted octanol–water partition coefficient (Wildman–Crippen LogP) is 4.67. The highest BCUT2D eigenvalue weighted by Crippen LogP contribution is 2.36. The van der Waals surface area contributed by atoms with Crippen LogP contribution in [0.4, 0.5) is 17.6 Å².